The molecule has 0 spiro atoms. The maximum Gasteiger partial charge on any atom is 0.0628 e. The highest BCUT2D eigenvalue weighted by molar-refractivity contribution is 5.30. The van der Waals surface area contributed by atoms with Crippen molar-refractivity contribution >= 4 is 0 Å². The van der Waals surface area contributed by atoms with Crippen molar-refractivity contribution < 1.29 is 0 Å². The van der Waals surface area contributed by atoms with E-state index in [-0.39, 0.29) is 0 Å². The van der Waals surface area contributed by atoms with Crippen molar-refractivity contribution in [2.45, 2.75) is 13.8 Å². The van der Waals surface area contributed by atoms with Gasteiger partial charge < -0.3 is 5.73 Å². The number of hydrogen-bond donors (Lipinski definition) is 1. The summed E-state index contributed by atoms with van der Waals surface area (Å²) in [6, 6.07) is 0.959. The van der Waals surface area contributed by atoms with Crippen LogP contribution in [0.25, 0.3) is 0 Å². The smallest absolute Gasteiger partial charge is 0.0628 e. The van der Waals surface area contributed by atoms with E-state index in [1.807, 2.05) is 12.2 Å². The molecule has 1 radical (unpaired) electrons. The number of hydrogen-bond acceptors (Lipinski definition) is 1. The Bertz CT molecular complexity index is 156. The van der Waals surface area contributed by atoms with Crippen molar-refractivity contribution in [3.63, 3.8) is 0 Å². The Kier molecular flexibility index (Phi) is 1.72. The summed E-state index contributed by atoms with van der Waals surface area (Å²) in [5, 5.41) is 0. The van der Waals surface area contributed by atoms with Crippen molar-refractivity contribution in [1.82, 2.24) is 0 Å². The van der Waals surface area contributed by atoms with Crippen LogP contribution in [0.15, 0.2) is 23.8 Å². The molecule has 0 aromatic carbocycles. The molecule has 0 aromatic rings. The van der Waals surface area contributed by atoms with Crippen LogP contribution < -0.4 is 5.73 Å². The van der Waals surface area contributed by atoms with E-state index < -0.39 is 0 Å². The van der Waals surface area contributed by atoms with Gasteiger partial charge in [-0.2, -0.15) is 0 Å². The molecule has 1 atom stereocenters. The molecule has 0 amide bonds. The van der Waals surface area contributed by atoms with E-state index in [0.717, 1.165) is 6.04 Å². The molecule has 0 fully saturated rings. The zero-order chi connectivity index (χ0) is 6.85. The second-order valence-electron chi connectivity index (χ2n) is 2.53. The molecule has 0 saturated heterocycles. The maximum atomic E-state index is 5.63. The topological polar surface area (TPSA) is 26.0 Å². The summed E-state index contributed by atoms with van der Waals surface area (Å²) in [6.07, 6.45) is 6.17. The predicted molar refractivity (Wildman–Crippen MR) is 39.5 cm³/mol. The first-order chi connectivity index (χ1) is 4.20. The lowest BCUT2D eigenvalue weighted by Crippen LogP contribution is -2.16. The van der Waals surface area contributed by atoms with Crippen LogP contribution in [-0.4, -0.2) is 0 Å². The third-order valence-electron chi connectivity index (χ3n) is 1.58. The molecule has 1 unspecified atom stereocenters. The first-order valence-electron chi connectivity index (χ1n) is 3.19. The van der Waals surface area contributed by atoms with Crippen LogP contribution in [0.3, 0.4) is 0 Å². The molecule has 1 aliphatic rings. The van der Waals surface area contributed by atoms with Crippen molar-refractivity contribution in [1.29, 1.82) is 0 Å². The summed E-state index contributed by atoms with van der Waals surface area (Å²) < 4.78 is 0. The van der Waals surface area contributed by atoms with Gasteiger partial charge in [-0.25, -0.2) is 0 Å². The highest BCUT2D eigenvalue weighted by atomic mass is 14.6. The van der Waals surface area contributed by atoms with Crippen molar-refractivity contribution in [3.05, 3.63) is 29.8 Å². The summed E-state index contributed by atoms with van der Waals surface area (Å²) in [5.74, 6) is 0.426. The minimum Gasteiger partial charge on any atom is -0.320 e. The Hall–Kier alpha value is -0.560. The molecule has 0 saturated carbocycles. The third kappa shape index (κ3) is 1.42. The van der Waals surface area contributed by atoms with Gasteiger partial charge in [0.2, 0.25) is 0 Å². The van der Waals surface area contributed by atoms with Crippen molar-refractivity contribution in [2.75, 3.05) is 0 Å². The van der Waals surface area contributed by atoms with E-state index in [0.29, 0.717) is 5.92 Å². The fourth-order valence-electron chi connectivity index (χ4n) is 0.926. The van der Waals surface area contributed by atoms with Gasteiger partial charge in [0.1, 0.15) is 0 Å². The number of rotatable bonds is 0. The van der Waals surface area contributed by atoms with Gasteiger partial charge in [0.25, 0.3) is 0 Å². The lowest BCUT2D eigenvalue weighted by atomic mass is 9.95. The zero-order valence-electron chi connectivity index (χ0n) is 5.89. The molecule has 1 nitrogen and oxygen atoms in total. The Morgan fingerprint density at radius 1 is 1.44 bits per heavy atom. The van der Waals surface area contributed by atoms with E-state index in [9.17, 15) is 0 Å². The summed E-state index contributed by atoms with van der Waals surface area (Å²) in [6.45, 7) is 4.18. The maximum absolute atomic E-state index is 5.63. The molecule has 0 heterocycles. The fraction of sp³-hybridized carbons (Fsp3) is 0.375. The number of allylic oxidation sites excluding steroid dienone is 2. The Balaban J connectivity index is 2.70. The molecule has 0 aromatic heterocycles. The summed E-state index contributed by atoms with van der Waals surface area (Å²) in [4.78, 5) is 0. The van der Waals surface area contributed by atoms with Crippen LogP contribution in [0.4, 0.5) is 0 Å². The van der Waals surface area contributed by atoms with E-state index >= 15 is 0 Å². The molecule has 1 heteroatoms. The lowest BCUT2D eigenvalue weighted by molar-refractivity contribution is 0.748. The van der Waals surface area contributed by atoms with Crippen LogP contribution in [0.5, 0.6) is 0 Å². The van der Waals surface area contributed by atoms with Crippen molar-refractivity contribution in [2.24, 2.45) is 11.7 Å². The lowest BCUT2D eigenvalue weighted by Gasteiger charge is -2.15. The van der Waals surface area contributed by atoms with Gasteiger partial charge >= 0.3 is 0 Å². The zero-order valence-corrected chi connectivity index (χ0v) is 5.89. The van der Waals surface area contributed by atoms with Crippen LogP contribution >= 0.6 is 0 Å². The summed E-state index contributed by atoms with van der Waals surface area (Å²) >= 11 is 0. The minimum absolute atomic E-state index is 0.426. The molecular formula is C8H12N. The van der Waals surface area contributed by atoms with Gasteiger partial charge in [0.05, 0.1) is 6.04 Å². The average molecular weight is 122 g/mol. The fourth-order valence-corrected chi connectivity index (χ4v) is 0.926. The van der Waals surface area contributed by atoms with Gasteiger partial charge in [-0.05, 0) is 12.8 Å². The molecule has 9 heavy (non-hydrogen) atoms. The van der Waals surface area contributed by atoms with Crippen LogP contribution in [-0.2, 0) is 0 Å². The Labute approximate surface area is 56.2 Å². The average Bonchev–Trinajstić information content (AvgIpc) is 1.80. The molecule has 2 N–H and O–H groups in total. The molecule has 49 valence electrons. The highest BCUT2D eigenvalue weighted by Crippen LogP contribution is 2.18. The van der Waals surface area contributed by atoms with Gasteiger partial charge in [-0.1, -0.05) is 30.7 Å². The SMILES string of the molecule is CC1=CC(C)[C](N)C=C1. The quantitative estimate of drug-likeness (QED) is 0.519. The van der Waals surface area contributed by atoms with Crippen molar-refractivity contribution in [3.8, 4) is 0 Å². The van der Waals surface area contributed by atoms with Gasteiger partial charge in [-0.3, -0.25) is 0 Å². The Morgan fingerprint density at radius 3 is 2.56 bits per heavy atom. The first kappa shape index (κ1) is 6.56. The molecule has 1 rings (SSSR count). The van der Waals surface area contributed by atoms with E-state index in [2.05, 4.69) is 19.9 Å². The Morgan fingerprint density at radius 2 is 2.11 bits per heavy atom. The third-order valence-corrected chi connectivity index (χ3v) is 1.58. The predicted octanol–water partition coefficient (Wildman–Crippen LogP) is 1.63. The van der Waals surface area contributed by atoms with E-state index in [4.69, 9.17) is 5.73 Å². The normalized spacial score (nSPS) is 28.3. The van der Waals surface area contributed by atoms with Crippen LogP contribution in [0.1, 0.15) is 13.8 Å². The molecular weight excluding hydrogens is 110 g/mol. The van der Waals surface area contributed by atoms with E-state index in [1.54, 1.807) is 0 Å². The monoisotopic (exact) mass is 122 g/mol. The number of nitrogens with two attached hydrogens (primary N) is 1. The van der Waals surface area contributed by atoms with Gasteiger partial charge in [0.15, 0.2) is 0 Å². The van der Waals surface area contributed by atoms with E-state index in [1.165, 1.54) is 5.57 Å². The first-order valence-corrected chi connectivity index (χ1v) is 3.19. The summed E-state index contributed by atoms with van der Waals surface area (Å²) in [5.41, 5.74) is 6.93. The van der Waals surface area contributed by atoms with Crippen LogP contribution in [0.2, 0.25) is 0 Å². The second-order valence-corrected chi connectivity index (χ2v) is 2.53. The largest absolute Gasteiger partial charge is 0.320 e. The van der Waals surface area contributed by atoms with Gasteiger partial charge in [0, 0.05) is 0 Å². The van der Waals surface area contributed by atoms with Gasteiger partial charge in [-0.15, -0.1) is 0 Å². The highest BCUT2D eigenvalue weighted by Gasteiger charge is 2.10. The van der Waals surface area contributed by atoms with Crippen LogP contribution in [0, 0.1) is 12.0 Å². The standard InChI is InChI=1S/C8H12N/c1-6-3-4-8(9)7(2)5-6/h3-5,7H,9H2,1-2H3. The minimum atomic E-state index is 0.426. The molecule has 0 aliphatic heterocycles. The molecule has 1 aliphatic carbocycles. The molecule has 0 bridgehead atoms. The second kappa shape index (κ2) is 2.36. The summed E-state index contributed by atoms with van der Waals surface area (Å²) in [7, 11) is 0.